The Balaban J connectivity index is 1.38. The van der Waals surface area contributed by atoms with Gasteiger partial charge in [0.2, 0.25) is 0 Å². The second-order valence-electron chi connectivity index (χ2n) is 9.01. The molecule has 3 aromatic rings. The Kier molecular flexibility index (Phi) is 5.25. The van der Waals surface area contributed by atoms with Crippen LogP contribution in [-0.4, -0.2) is 58.3 Å². The summed E-state index contributed by atoms with van der Waals surface area (Å²) in [5.41, 5.74) is 0.558. The van der Waals surface area contributed by atoms with Crippen molar-refractivity contribution in [1.82, 2.24) is 8.87 Å². The summed E-state index contributed by atoms with van der Waals surface area (Å²) in [5.74, 6) is 0.333. The lowest BCUT2D eigenvalue weighted by Gasteiger charge is -2.52. The van der Waals surface area contributed by atoms with Crippen molar-refractivity contribution < 1.29 is 18.6 Å². The van der Waals surface area contributed by atoms with Crippen LogP contribution in [0.2, 0.25) is 0 Å². The summed E-state index contributed by atoms with van der Waals surface area (Å²) in [6.07, 6.45) is 6.02. The van der Waals surface area contributed by atoms with E-state index >= 15 is 0 Å². The van der Waals surface area contributed by atoms with E-state index in [0.717, 1.165) is 30.5 Å². The van der Waals surface area contributed by atoms with E-state index in [2.05, 4.69) is 4.90 Å². The first-order chi connectivity index (χ1) is 15.3. The molecule has 1 fully saturated rings. The summed E-state index contributed by atoms with van der Waals surface area (Å²) in [7, 11) is -3.67. The highest BCUT2D eigenvalue weighted by Gasteiger charge is 2.46. The van der Waals surface area contributed by atoms with E-state index in [-0.39, 0.29) is 10.9 Å². The maximum atomic E-state index is 13.3. The maximum Gasteiger partial charge on any atom is 0.268 e. The van der Waals surface area contributed by atoms with Gasteiger partial charge in [-0.1, -0.05) is 48.6 Å². The van der Waals surface area contributed by atoms with Gasteiger partial charge in [-0.15, -0.1) is 0 Å². The standard InChI is InChI=1S/C25H28N2O4S/c1-18(28)25(29)13-11-23-20(15-25)16-26(23)14-12-19-17-27(24-10-6-5-9-22(19)24)32(30,31)21-7-3-2-4-8-21/h2-11,13,17-18,20,23,28-29H,12,14-16H2,1H3/t18?,20-,23-,25-/m1/s1. The minimum Gasteiger partial charge on any atom is -0.390 e. The van der Waals surface area contributed by atoms with Crippen molar-refractivity contribution in [2.75, 3.05) is 13.1 Å². The number of rotatable bonds is 6. The van der Waals surface area contributed by atoms with Gasteiger partial charge in [0, 0.05) is 30.7 Å². The van der Waals surface area contributed by atoms with Gasteiger partial charge in [-0.3, -0.25) is 4.90 Å². The van der Waals surface area contributed by atoms with E-state index in [1.165, 1.54) is 3.97 Å². The molecule has 0 saturated carbocycles. The van der Waals surface area contributed by atoms with Crippen LogP contribution in [0.1, 0.15) is 18.9 Å². The molecule has 0 radical (unpaired) electrons. The number of para-hydroxylation sites is 1. The van der Waals surface area contributed by atoms with E-state index in [9.17, 15) is 18.6 Å². The van der Waals surface area contributed by atoms with Crippen molar-refractivity contribution in [3.63, 3.8) is 0 Å². The number of aromatic nitrogens is 1. The highest BCUT2D eigenvalue weighted by Crippen LogP contribution is 2.39. The van der Waals surface area contributed by atoms with Crippen LogP contribution in [0, 0.1) is 5.92 Å². The molecule has 2 aliphatic rings. The Hall–Kier alpha value is -2.45. The molecule has 0 bridgehead atoms. The van der Waals surface area contributed by atoms with Gasteiger partial charge in [0.25, 0.3) is 10.0 Å². The lowest BCUT2D eigenvalue weighted by atomic mass is 9.72. The average molecular weight is 453 g/mol. The van der Waals surface area contributed by atoms with Crippen molar-refractivity contribution in [1.29, 1.82) is 0 Å². The number of likely N-dealkylation sites (tertiary alicyclic amines) is 1. The summed E-state index contributed by atoms with van der Waals surface area (Å²) >= 11 is 0. The summed E-state index contributed by atoms with van der Waals surface area (Å²) in [6, 6.07) is 16.4. The Bertz CT molecular complexity index is 1270. The molecular formula is C25H28N2O4S. The SMILES string of the molecule is CC(O)[C@@]1(O)C=C[C@@H]2[C@@H](CN2CCc2cn(S(=O)(=O)c3ccccc3)c3ccccc23)C1. The van der Waals surface area contributed by atoms with Crippen LogP contribution in [0.4, 0.5) is 0 Å². The third-order valence-corrected chi connectivity index (χ3v) is 8.69. The fourth-order valence-corrected chi connectivity index (χ4v) is 6.46. The van der Waals surface area contributed by atoms with E-state index in [4.69, 9.17) is 0 Å². The maximum absolute atomic E-state index is 13.3. The molecule has 1 aromatic heterocycles. The summed E-state index contributed by atoms with van der Waals surface area (Å²) in [5, 5.41) is 21.4. The van der Waals surface area contributed by atoms with Gasteiger partial charge >= 0.3 is 0 Å². The molecule has 7 heteroatoms. The zero-order chi connectivity index (χ0) is 22.5. The first-order valence-electron chi connectivity index (χ1n) is 11.0. The number of benzene rings is 2. The molecule has 6 nitrogen and oxygen atoms in total. The zero-order valence-electron chi connectivity index (χ0n) is 18.0. The first kappa shape index (κ1) is 21.4. The predicted molar refractivity (Wildman–Crippen MR) is 124 cm³/mol. The lowest BCUT2D eigenvalue weighted by Crippen LogP contribution is -2.61. The summed E-state index contributed by atoms with van der Waals surface area (Å²) in [6.45, 7) is 3.29. The van der Waals surface area contributed by atoms with Gasteiger partial charge in [0.05, 0.1) is 16.5 Å². The minimum absolute atomic E-state index is 0.260. The number of nitrogens with zero attached hydrogens (tertiary/aromatic N) is 2. The number of aliphatic hydroxyl groups is 2. The monoisotopic (exact) mass is 452 g/mol. The molecule has 4 atom stereocenters. The number of hydrogen-bond donors (Lipinski definition) is 2. The largest absolute Gasteiger partial charge is 0.390 e. The molecule has 2 heterocycles. The average Bonchev–Trinajstić information content (AvgIpc) is 3.15. The highest BCUT2D eigenvalue weighted by molar-refractivity contribution is 7.90. The Morgan fingerprint density at radius 2 is 1.84 bits per heavy atom. The van der Waals surface area contributed by atoms with Crippen molar-refractivity contribution >= 4 is 20.9 Å². The van der Waals surface area contributed by atoms with Gasteiger partial charge < -0.3 is 10.2 Å². The molecule has 32 heavy (non-hydrogen) atoms. The van der Waals surface area contributed by atoms with Gasteiger partial charge in [-0.25, -0.2) is 12.4 Å². The Labute approximate surface area is 188 Å². The van der Waals surface area contributed by atoms with Crippen LogP contribution in [0.3, 0.4) is 0 Å². The number of hydrogen-bond acceptors (Lipinski definition) is 5. The van der Waals surface area contributed by atoms with Crippen LogP contribution in [0.5, 0.6) is 0 Å². The van der Waals surface area contributed by atoms with Crippen LogP contribution in [0.25, 0.3) is 10.9 Å². The fourth-order valence-electron chi connectivity index (χ4n) is 5.04. The molecule has 0 amide bonds. The molecule has 1 aliphatic carbocycles. The number of aliphatic hydroxyl groups excluding tert-OH is 1. The smallest absolute Gasteiger partial charge is 0.268 e. The van der Waals surface area contributed by atoms with Gasteiger partial charge in [-0.2, -0.15) is 0 Å². The van der Waals surface area contributed by atoms with Crippen LogP contribution >= 0.6 is 0 Å². The lowest BCUT2D eigenvalue weighted by molar-refractivity contribution is -0.0842. The molecule has 5 rings (SSSR count). The highest BCUT2D eigenvalue weighted by atomic mass is 32.2. The van der Waals surface area contributed by atoms with Crippen molar-refractivity contribution in [3.05, 3.63) is 78.5 Å². The minimum atomic E-state index is -3.67. The van der Waals surface area contributed by atoms with Crippen LogP contribution in [-0.2, 0) is 16.4 Å². The van der Waals surface area contributed by atoms with E-state index in [1.54, 1.807) is 49.5 Å². The Morgan fingerprint density at radius 1 is 1.12 bits per heavy atom. The molecule has 0 spiro atoms. The molecule has 1 aliphatic heterocycles. The van der Waals surface area contributed by atoms with E-state index < -0.39 is 21.7 Å². The third-order valence-electron chi connectivity index (χ3n) is 7.00. The van der Waals surface area contributed by atoms with Gasteiger partial charge in [-0.05, 0) is 49.4 Å². The van der Waals surface area contributed by atoms with E-state index in [0.29, 0.717) is 17.9 Å². The second-order valence-corrected chi connectivity index (χ2v) is 10.8. The molecule has 2 aromatic carbocycles. The second kappa shape index (κ2) is 7.85. The van der Waals surface area contributed by atoms with Crippen molar-refractivity contribution in [3.8, 4) is 0 Å². The zero-order valence-corrected chi connectivity index (χ0v) is 18.8. The number of fused-ring (bicyclic) bond motifs is 2. The van der Waals surface area contributed by atoms with Crippen molar-refractivity contribution in [2.24, 2.45) is 5.92 Å². The topological polar surface area (TPSA) is 82.8 Å². The quantitative estimate of drug-likeness (QED) is 0.562. The first-order valence-corrected chi connectivity index (χ1v) is 12.5. The van der Waals surface area contributed by atoms with Crippen LogP contribution < -0.4 is 0 Å². The Morgan fingerprint density at radius 3 is 2.56 bits per heavy atom. The van der Waals surface area contributed by atoms with Crippen LogP contribution in [0.15, 0.2) is 77.8 Å². The molecule has 1 unspecified atom stereocenters. The molecular weight excluding hydrogens is 424 g/mol. The molecule has 168 valence electrons. The normalized spacial score (nSPS) is 26.6. The van der Waals surface area contributed by atoms with Gasteiger partial charge in [0.1, 0.15) is 5.60 Å². The van der Waals surface area contributed by atoms with Crippen molar-refractivity contribution in [2.45, 2.75) is 42.4 Å². The summed E-state index contributed by atoms with van der Waals surface area (Å²) < 4.78 is 27.9. The third kappa shape index (κ3) is 3.49. The van der Waals surface area contributed by atoms with E-state index in [1.807, 2.05) is 30.3 Å². The van der Waals surface area contributed by atoms with Gasteiger partial charge in [0.15, 0.2) is 0 Å². The molecule has 1 saturated heterocycles. The predicted octanol–water partition coefficient (Wildman–Crippen LogP) is 2.79. The molecule has 2 N–H and O–H groups in total. The summed E-state index contributed by atoms with van der Waals surface area (Å²) in [4.78, 5) is 2.62. The fraction of sp³-hybridized carbons (Fsp3) is 0.360.